The van der Waals surface area contributed by atoms with Gasteiger partial charge in [0, 0.05) is 32.5 Å². The Bertz CT molecular complexity index is 599. The molecule has 0 bridgehead atoms. The summed E-state index contributed by atoms with van der Waals surface area (Å²) in [7, 11) is 1.84. The number of hydrogen-bond acceptors (Lipinski definition) is 6. The lowest BCUT2D eigenvalue weighted by atomic mass is 10.2. The van der Waals surface area contributed by atoms with Crippen LogP contribution in [0.4, 0.5) is 11.6 Å². The van der Waals surface area contributed by atoms with E-state index < -0.39 is 0 Å². The number of nitrogens with zero attached hydrogens (tertiary/aromatic N) is 4. The minimum atomic E-state index is -0.186. The van der Waals surface area contributed by atoms with Gasteiger partial charge in [0.15, 0.2) is 11.5 Å². The van der Waals surface area contributed by atoms with Gasteiger partial charge in [-0.3, -0.25) is 0 Å². The maximum Gasteiger partial charge on any atom is 0.180 e. The van der Waals surface area contributed by atoms with Crippen LogP contribution in [0.1, 0.15) is 6.92 Å². The van der Waals surface area contributed by atoms with Gasteiger partial charge >= 0.3 is 0 Å². The van der Waals surface area contributed by atoms with Crippen molar-refractivity contribution < 1.29 is 9.84 Å². The molecule has 20 heavy (non-hydrogen) atoms. The van der Waals surface area contributed by atoms with Gasteiger partial charge in [0.2, 0.25) is 0 Å². The summed E-state index contributed by atoms with van der Waals surface area (Å²) in [6, 6.07) is 0. The van der Waals surface area contributed by atoms with Crippen LogP contribution in [0.5, 0.6) is 0 Å². The van der Waals surface area contributed by atoms with Gasteiger partial charge in [-0.05, 0) is 6.92 Å². The Morgan fingerprint density at radius 1 is 1.50 bits per heavy atom. The first-order chi connectivity index (χ1) is 9.71. The quantitative estimate of drug-likeness (QED) is 0.843. The molecule has 7 nitrogen and oxygen atoms in total. The van der Waals surface area contributed by atoms with Crippen LogP contribution in [0.25, 0.3) is 5.65 Å². The van der Waals surface area contributed by atoms with Crippen molar-refractivity contribution in [3.63, 3.8) is 0 Å². The maximum absolute atomic E-state index is 9.34. The molecule has 1 aliphatic heterocycles. The monoisotopic (exact) mass is 277 g/mol. The van der Waals surface area contributed by atoms with E-state index in [2.05, 4.69) is 20.2 Å². The van der Waals surface area contributed by atoms with Crippen LogP contribution in [-0.4, -0.2) is 58.4 Å². The minimum absolute atomic E-state index is 0.0112. The maximum atomic E-state index is 9.34. The summed E-state index contributed by atoms with van der Waals surface area (Å²) in [6.07, 6.45) is 5.42. The molecular formula is C13H19N5O2. The van der Waals surface area contributed by atoms with Gasteiger partial charge in [0.05, 0.1) is 25.0 Å². The highest BCUT2D eigenvalue weighted by Crippen LogP contribution is 2.24. The van der Waals surface area contributed by atoms with E-state index in [1.54, 1.807) is 6.20 Å². The summed E-state index contributed by atoms with van der Waals surface area (Å²) < 4.78 is 7.62. The molecule has 2 aromatic heterocycles. The first-order valence-corrected chi connectivity index (χ1v) is 6.74. The van der Waals surface area contributed by atoms with E-state index in [0.717, 1.165) is 23.8 Å². The van der Waals surface area contributed by atoms with Crippen molar-refractivity contribution in [1.29, 1.82) is 0 Å². The Kier molecular flexibility index (Phi) is 3.45. The van der Waals surface area contributed by atoms with Crippen LogP contribution in [-0.2, 0) is 4.74 Å². The zero-order valence-electron chi connectivity index (χ0n) is 11.7. The molecule has 2 unspecified atom stereocenters. The first-order valence-electron chi connectivity index (χ1n) is 6.74. The van der Waals surface area contributed by atoms with Crippen LogP contribution < -0.4 is 10.2 Å². The molecule has 0 aliphatic carbocycles. The summed E-state index contributed by atoms with van der Waals surface area (Å²) >= 11 is 0. The Labute approximate surface area is 117 Å². The molecule has 7 heteroatoms. The number of aliphatic hydroxyl groups is 1. The van der Waals surface area contributed by atoms with Crippen molar-refractivity contribution in [3.8, 4) is 0 Å². The van der Waals surface area contributed by atoms with Crippen LogP contribution in [0.2, 0.25) is 0 Å². The number of nitrogens with one attached hydrogen (secondary N) is 1. The van der Waals surface area contributed by atoms with Gasteiger partial charge in [0.25, 0.3) is 0 Å². The number of aromatic nitrogens is 3. The average Bonchev–Trinajstić information content (AvgIpc) is 2.93. The SMILES string of the molecule is CNc1cn2ccnc2c(N2CC(C)OC(CO)C2)n1. The van der Waals surface area contributed by atoms with Gasteiger partial charge < -0.3 is 24.5 Å². The molecule has 1 saturated heterocycles. The van der Waals surface area contributed by atoms with E-state index in [-0.39, 0.29) is 18.8 Å². The summed E-state index contributed by atoms with van der Waals surface area (Å²) in [5.74, 6) is 1.60. The fraction of sp³-hybridized carbons (Fsp3) is 0.538. The molecule has 0 aromatic carbocycles. The lowest BCUT2D eigenvalue weighted by Gasteiger charge is -2.36. The first kappa shape index (κ1) is 13.1. The number of anilines is 2. The predicted molar refractivity (Wildman–Crippen MR) is 76.2 cm³/mol. The third-order valence-corrected chi connectivity index (χ3v) is 3.44. The largest absolute Gasteiger partial charge is 0.394 e. The van der Waals surface area contributed by atoms with Crippen molar-refractivity contribution in [2.75, 3.05) is 37.0 Å². The fourth-order valence-electron chi connectivity index (χ4n) is 2.57. The number of morpholine rings is 1. The van der Waals surface area contributed by atoms with Gasteiger partial charge in [-0.25, -0.2) is 9.97 Å². The van der Waals surface area contributed by atoms with Crippen molar-refractivity contribution in [2.24, 2.45) is 0 Å². The van der Waals surface area contributed by atoms with E-state index in [4.69, 9.17) is 4.74 Å². The molecule has 108 valence electrons. The second-order valence-corrected chi connectivity index (χ2v) is 5.01. The van der Waals surface area contributed by atoms with Crippen molar-refractivity contribution in [1.82, 2.24) is 14.4 Å². The highest BCUT2D eigenvalue weighted by molar-refractivity contribution is 5.67. The van der Waals surface area contributed by atoms with E-state index in [1.807, 2.05) is 30.8 Å². The third kappa shape index (κ3) is 2.30. The van der Waals surface area contributed by atoms with Crippen LogP contribution in [0.3, 0.4) is 0 Å². The normalized spacial score (nSPS) is 23.2. The highest BCUT2D eigenvalue weighted by atomic mass is 16.5. The molecule has 0 radical (unpaired) electrons. The number of fused-ring (bicyclic) bond motifs is 1. The van der Waals surface area contributed by atoms with E-state index in [1.165, 1.54) is 0 Å². The summed E-state index contributed by atoms with van der Waals surface area (Å²) in [5, 5.41) is 12.4. The summed E-state index contributed by atoms with van der Waals surface area (Å²) in [6.45, 7) is 3.36. The van der Waals surface area contributed by atoms with Crippen LogP contribution in [0, 0.1) is 0 Å². The summed E-state index contributed by atoms with van der Waals surface area (Å²) in [5.41, 5.74) is 0.815. The molecule has 1 aliphatic rings. The second-order valence-electron chi connectivity index (χ2n) is 5.01. The van der Waals surface area contributed by atoms with E-state index in [0.29, 0.717) is 6.54 Å². The highest BCUT2D eigenvalue weighted by Gasteiger charge is 2.27. The molecule has 2 aromatic rings. The standard InChI is InChI=1S/C13H19N5O2/c1-9-5-18(6-10(8-19)20-9)13-12-15-3-4-17(12)7-11(14-2)16-13/h3-4,7,9-10,14,19H,5-6,8H2,1-2H3. The Balaban J connectivity index is 2.01. The fourth-order valence-corrected chi connectivity index (χ4v) is 2.57. The number of aliphatic hydroxyl groups excluding tert-OH is 1. The Morgan fingerprint density at radius 3 is 3.10 bits per heavy atom. The molecule has 0 saturated carbocycles. The zero-order valence-corrected chi connectivity index (χ0v) is 11.7. The average molecular weight is 277 g/mol. The van der Waals surface area contributed by atoms with Gasteiger partial charge in [0.1, 0.15) is 5.82 Å². The number of hydrogen-bond donors (Lipinski definition) is 2. The molecule has 2 N–H and O–H groups in total. The molecule has 0 amide bonds. The van der Waals surface area contributed by atoms with E-state index >= 15 is 0 Å². The third-order valence-electron chi connectivity index (χ3n) is 3.44. The number of ether oxygens (including phenoxy) is 1. The lowest BCUT2D eigenvalue weighted by molar-refractivity contribution is -0.0422. The van der Waals surface area contributed by atoms with Gasteiger partial charge in [-0.1, -0.05) is 0 Å². The van der Waals surface area contributed by atoms with Gasteiger partial charge in [-0.15, -0.1) is 0 Å². The van der Waals surface area contributed by atoms with Crippen molar-refractivity contribution >= 4 is 17.3 Å². The minimum Gasteiger partial charge on any atom is -0.394 e. The number of imidazole rings is 1. The molecule has 3 heterocycles. The van der Waals surface area contributed by atoms with Crippen molar-refractivity contribution in [3.05, 3.63) is 18.6 Å². The molecule has 3 rings (SSSR count). The lowest BCUT2D eigenvalue weighted by Crippen LogP contribution is -2.48. The molecule has 0 spiro atoms. The Hall–Kier alpha value is -1.86. The zero-order chi connectivity index (χ0) is 14.1. The smallest absolute Gasteiger partial charge is 0.180 e. The number of rotatable bonds is 3. The second kappa shape index (κ2) is 5.26. The van der Waals surface area contributed by atoms with Crippen LogP contribution >= 0.6 is 0 Å². The molecular weight excluding hydrogens is 258 g/mol. The van der Waals surface area contributed by atoms with E-state index in [9.17, 15) is 5.11 Å². The van der Waals surface area contributed by atoms with Crippen molar-refractivity contribution in [2.45, 2.75) is 19.1 Å². The Morgan fingerprint density at radius 2 is 2.35 bits per heavy atom. The van der Waals surface area contributed by atoms with Gasteiger partial charge in [-0.2, -0.15) is 0 Å². The van der Waals surface area contributed by atoms with Crippen LogP contribution in [0.15, 0.2) is 18.6 Å². The summed E-state index contributed by atoms with van der Waals surface area (Å²) in [4.78, 5) is 11.1. The molecule has 1 fully saturated rings. The topological polar surface area (TPSA) is 74.9 Å². The predicted octanol–water partition coefficient (Wildman–Crippen LogP) is 0.357. The molecule has 2 atom stereocenters.